The fraction of sp³-hybridized carbons (Fsp3) is 0.154. The number of aryl methyl sites for hydroxylation is 1. The molecule has 0 N–H and O–H groups in total. The van der Waals surface area contributed by atoms with Gasteiger partial charge in [0, 0.05) is 28.9 Å². The molecule has 0 aliphatic rings. The first-order valence-corrected chi connectivity index (χ1v) is 6.82. The molecule has 1 aromatic carbocycles. The number of thiazole rings is 1. The van der Waals surface area contributed by atoms with E-state index in [0.29, 0.717) is 5.56 Å². The van der Waals surface area contributed by atoms with Gasteiger partial charge in [-0.2, -0.15) is 4.39 Å². The Morgan fingerprint density at radius 2 is 2.30 bits per heavy atom. The van der Waals surface area contributed by atoms with Gasteiger partial charge in [-0.3, -0.25) is 14.5 Å². The molecule has 0 radical (unpaired) electrons. The van der Waals surface area contributed by atoms with E-state index in [9.17, 15) is 14.5 Å². The average molecular weight is 291 g/mol. The van der Waals surface area contributed by atoms with Crippen LogP contribution in [0.5, 0.6) is 0 Å². The summed E-state index contributed by atoms with van der Waals surface area (Å²) in [5, 5.41) is 10.9. The molecule has 3 rings (SSSR count). The molecule has 20 heavy (non-hydrogen) atoms. The van der Waals surface area contributed by atoms with Gasteiger partial charge in [-0.05, 0) is 18.6 Å². The van der Waals surface area contributed by atoms with Crippen LogP contribution >= 0.6 is 11.3 Å². The minimum Gasteiger partial charge on any atom is -0.290 e. The zero-order chi connectivity index (χ0) is 14.3. The van der Waals surface area contributed by atoms with Crippen LogP contribution in [0.15, 0.2) is 30.6 Å². The van der Waals surface area contributed by atoms with E-state index in [-0.39, 0.29) is 0 Å². The van der Waals surface area contributed by atoms with Crippen molar-refractivity contribution in [2.75, 3.05) is 0 Å². The van der Waals surface area contributed by atoms with Crippen LogP contribution in [0.25, 0.3) is 16.2 Å². The number of nitro groups is 1. The summed E-state index contributed by atoms with van der Waals surface area (Å²) in [6, 6.07) is 3.96. The number of nitro benzene ring substituents is 1. The maximum absolute atomic E-state index is 13.4. The fourth-order valence-corrected chi connectivity index (χ4v) is 3.21. The Balaban J connectivity index is 2.27. The summed E-state index contributed by atoms with van der Waals surface area (Å²) in [4.78, 5) is 16.3. The van der Waals surface area contributed by atoms with Crippen LogP contribution in [0.1, 0.15) is 11.8 Å². The first kappa shape index (κ1) is 12.7. The van der Waals surface area contributed by atoms with Crippen molar-refractivity contribution in [3.05, 3.63) is 51.4 Å². The highest BCUT2D eigenvalue weighted by atomic mass is 32.1. The number of rotatable bonds is 3. The lowest BCUT2D eigenvalue weighted by Gasteiger charge is -2.04. The van der Waals surface area contributed by atoms with Gasteiger partial charge in [0.2, 0.25) is 5.82 Å². The lowest BCUT2D eigenvalue weighted by Crippen LogP contribution is -1.95. The Labute approximate surface area is 117 Å². The van der Waals surface area contributed by atoms with E-state index in [4.69, 9.17) is 0 Å². The van der Waals surface area contributed by atoms with Crippen molar-refractivity contribution < 1.29 is 9.31 Å². The standard InChI is InChI=1S/C13H10FN3O2S/c1-2-11-12(16-6-5-15-13(16)20-11)8-3-4-9(14)10(7-8)17(18)19/h3-7H,2H2,1H3. The molecule has 2 heterocycles. The van der Waals surface area contributed by atoms with Crippen molar-refractivity contribution in [1.29, 1.82) is 0 Å². The van der Waals surface area contributed by atoms with E-state index in [1.54, 1.807) is 18.5 Å². The summed E-state index contributed by atoms with van der Waals surface area (Å²) >= 11 is 1.53. The minimum atomic E-state index is -0.825. The smallest absolute Gasteiger partial charge is 0.290 e. The Kier molecular flexibility index (Phi) is 2.98. The monoisotopic (exact) mass is 291 g/mol. The van der Waals surface area contributed by atoms with E-state index in [0.717, 1.165) is 28.0 Å². The molecule has 0 unspecified atom stereocenters. The number of fused-ring (bicyclic) bond motifs is 1. The molecule has 0 bridgehead atoms. The van der Waals surface area contributed by atoms with Gasteiger partial charge in [0.1, 0.15) is 0 Å². The molecule has 0 fully saturated rings. The van der Waals surface area contributed by atoms with Gasteiger partial charge in [0.25, 0.3) is 0 Å². The van der Waals surface area contributed by atoms with Crippen molar-refractivity contribution in [3.8, 4) is 11.3 Å². The summed E-state index contributed by atoms with van der Waals surface area (Å²) in [6.45, 7) is 2.01. The first-order valence-electron chi connectivity index (χ1n) is 6.01. The number of aromatic nitrogens is 2. The van der Waals surface area contributed by atoms with E-state index >= 15 is 0 Å². The van der Waals surface area contributed by atoms with Crippen LogP contribution in [0.3, 0.4) is 0 Å². The Morgan fingerprint density at radius 1 is 1.50 bits per heavy atom. The molecule has 3 aromatic rings. The summed E-state index contributed by atoms with van der Waals surface area (Å²) in [7, 11) is 0. The third-order valence-electron chi connectivity index (χ3n) is 3.06. The molecule has 7 heteroatoms. The summed E-state index contributed by atoms with van der Waals surface area (Å²) < 4.78 is 15.3. The number of hydrogen-bond donors (Lipinski definition) is 0. The molecular formula is C13H10FN3O2S. The zero-order valence-electron chi connectivity index (χ0n) is 10.5. The zero-order valence-corrected chi connectivity index (χ0v) is 11.4. The van der Waals surface area contributed by atoms with Crippen molar-refractivity contribution in [1.82, 2.24) is 9.38 Å². The van der Waals surface area contributed by atoms with Crippen molar-refractivity contribution >= 4 is 22.0 Å². The third kappa shape index (κ3) is 1.87. The van der Waals surface area contributed by atoms with Gasteiger partial charge < -0.3 is 0 Å². The topological polar surface area (TPSA) is 60.4 Å². The maximum Gasteiger partial charge on any atom is 0.305 e. The van der Waals surface area contributed by atoms with Gasteiger partial charge in [-0.15, -0.1) is 11.3 Å². The van der Waals surface area contributed by atoms with Crippen LogP contribution in [0.2, 0.25) is 0 Å². The van der Waals surface area contributed by atoms with Crippen LogP contribution in [-0.2, 0) is 6.42 Å². The first-order chi connectivity index (χ1) is 9.61. The molecule has 102 valence electrons. The molecule has 0 atom stereocenters. The summed E-state index contributed by atoms with van der Waals surface area (Å²) in [5.74, 6) is -0.825. The van der Waals surface area contributed by atoms with E-state index in [1.807, 2.05) is 11.3 Å². The Morgan fingerprint density at radius 3 is 3.00 bits per heavy atom. The number of hydrogen-bond acceptors (Lipinski definition) is 4. The maximum atomic E-state index is 13.4. The molecule has 0 aliphatic heterocycles. The highest BCUT2D eigenvalue weighted by molar-refractivity contribution is 7.17. The normalized spacial score (nSPS) is 11.1. The number of nitrogens with zero attached hydrogens (tertiary/aromatic N) is 3. The van der Waals surface area contributed by atoms with Gasteiger partial charge in [-0.25, -0.2) is 4.98 Å². The molecule has 0 saturated heterocycles. The molecule has 0 saturated carbocycles. The largest absolute Gasteiger partial charge is 0.305 e. The number of imidazole rings is 1. The van der Waals surface area contributed by atoms with Crippen LogP contribution < -0.4 is 0 Å². The van der Waals surface area contributed by atoms with Crippen molar-refractivity contribution in [2.24, 2.45) is 0 Å². The molecule has 0 amide bonds. The minimum absolute atomic E-state index is 0.510. The molecule has 0 aliphatic carbocycles. The second-order valence-corrected chi connectivity index (χ2v) is 5.29. The predicted octanol–water partition coefficient (Wildman–Crippen LogP) is 3.67. The SMILES string of the molecule is CCc1sc2nccn2c1-c1ccc(F)c([N+](=O)[O-])c1. The summed E-state index contributed by atoms with van der Waals surface area (Å²) in [5.41, 5.74) is 0.955. The fourth-order valence-electron chi connectivity index (χ4n) is 2.17. The second-order valence-electron chi connectivity index (χ2n) is 4.23. The third-order valence-corrected chi connectivity index (χ3v) is 4.28. The molecule has 2 aromatic heterocycles. The lowest BCUT2D eigenvalue weighted by atomic mass is 10.1. The van der Waals surface area contributed by atoms with Crippen LogP contribution in [0.4, 0.5) is 10.1 Å². The van der Waals surface area contributed by atoms with Gasteiger partial charge in [0.05, 0.1) is 10.6 Å². The van der Waals surface area contributed by atoms with Gasteiger partial charge in [-0.1, -0.05) is 6.92 Å². The van der Waals surface area contributed by atoms with E-state index in [2.05, 4.69) is 4.98 Å². The van der Waals surface area contributed by atoms with Crippen molar-refractivity contribution in [2.45, 2.75) is 13.3 Å². The van der Waals surface area contributed by atoms with Crippen LogP contribution in [0, 0.1) is 15.9 Å². The summed E-state index contributed by atoms with van der Waals surface area (Å²) in [6.07, 6.45) is 4.26. The molecule has 0 spiro atoms. The molecule has 5 nitrogen and oxygen atoms in total. The van der Waals surface area contributed by atoms with Gasteiger partial charge >= 0.3 is 5.69 Å². The lowest BCUT2D eigenvalue weighted by molar-refractivity contribution is -0.387. The Bertz CT molecular complexity index is 809. The molecular weight excluding hydrogens is 281 g/mol. The predicted molar refractivity (Wildman–Crippen MR) is 74.5 cm³/mol. The van der Waals surface area contributed by atoms with Gasteiger partial charge in [0.15, 0.2) is 4.96 Å². The highest BCUT2D eigenvalue weighted by Crippen LogP contribution is 2.34. The van der Waals surface area contributed by atoms with Crippen LogP contribution in [-0.4, -0.2) is 14.3 Å². The van der Waals surface area contributed by atoms with E-state index in [1.165, 1.54) is 17.4 Å². The number of halogens is 1. The quantitative estimate of drug-likeness (QED) is 0.546. The van der Waals surface area contributed by atoms with Crippen molar-refractivity contribution in [3.63, 3.8) is 0 Å². The Hall–Kier alpha value is -2.28. The number of benzene rings is 1. The van der Waals surface area contributed by atoms with E-state index < -0.39 is 16.4 Å². The second kappa shape index (κ2) is 4.68. The highest BCUT2D eigenvalue weighted by Gasteiger charge is 2.19. The average Bonchev–Trinajstić information content (AvgIpc) is 2.99.